The number of hydrogen-bond donors (Lipinski definition) is 2. The zero-order valence-corrected chi connectivity index (χ0v) is 28.3. The fraction of sp³-hybridized carbons (Fsp3) is 0.139. The second kappa shape index (κ2) is 15.6. The number of nitrogens with one attached hydrogen (secondary N) is 2. The van der Waals surface area contributed by atoms with Crippen molar-refractivity contribution in [3.05, 3.63) is 124 Å². The Morgan fingerprint density at radius 1 is 0.938 bits per heavy atom. The van der Waals surface area contributed by atoms with E-state index in [0.29, 0.717) is 38.7 Å². The summed E-state index contributed by atoms with van der Waals surface area (Å²) >= 11 is 4.63. The monoisotopic (exact) mass is 727 g/mol. The number of imide groups is 1. The summed E-state index contributed by atoms with van der Waals surface area (Å²) in [5, 5.41) is 4.84. The van der Waals surface area contributed by atoms with Crippen molar-refractivity contribution in [1.29, 1.82) is 0 Å². The van der Waals surface area contributed by atoms with Gasteiger partial charge in [-0.1, -0.05) is 40.2 Å². The van der Waals surface area contributed by atoms with E-state index in [0.717, 1.165) is 9.37 Å². The molecule has 1 unspecified atom stereocenters. The molecule has 4 aromatic carbocycles. The zero-order valence-electron chi connectivity index (χ0n) is 25.9. The van der Waals surface area contributed by atoms with E-state index >= 15 is 0 Å². The van der Waals surface area contributed by atoms with Gasteiger partial charge in [-0.05, 0) is 85.8 Å². The quantitative estimate of drug-likeness (QED) is 0.102. The number of halogens is 1. The average Bonchev–Trinajstić information content (AvgIpc) is 3.36. The first-order valence-corrected chi connectivity index (χ1v) is 16.5. The van der Waals surface area contributed by atoms with Crippen LogP contribution in [0.2, 0.25) is 0 Å². The summed E-state index contributed by atoms with van der Waals surface area (Å²) in [5.41, 5.74) is 1.99. The van der Waals surface area contributed by atoms with Gasteiger partial charge in [-0.2, -0.15) is 0 Å². The first-order valence-electron chi connectivity index (χ1n) is 14.8. The summed E-state index contributed by atoms with van der Waals surface area (Å²) in [7, 11) is 1.51. The molecular formula is C36H30BrN3O7S. The van der Waals surface area contributed by atoms with Crippen LogP contribution in [0.3, 0.4) is 0 Å². The molecule has 1 fully saturated rings. The molecule has 2 N–H and O–H groups in total. The number of ether oxygens (including phenoxy) is 2. The van der Waals surface area contributed by atoms with Crippen LogP contribution in [0.1, 0.15) is 39.6 Å². The van der Waals surface area contributed by atoms with Crippen LogP contribution in [0.4, 0.5) is 11.4 Å². The molecule has 1 heterocycles. The number of anilines is 2. The van der Waals surface area contributed by atoms with Gasteiger partial charge in [0.05, 0.1) is 30.2 Å². The second-order valence-electron chi connectivity index (χ2n) is 10.4. The lowest BCUT2D eigenvalue weighted by molar-refractivity contribution is -0.121. The van der Waals surface area contributed by atoms with Gasteiger partial charge in [-0.25, -0.2) is 9.69 Å². The number of methoxy groups -OCH3 is 1. The molecule has 0 bridgehead atoms. The van der Waals surface area contributed by atoms with Crippen molar-refractivity contribution in [2.75, 3.05) is 23.9 Å². The van der Waals surface area contributed by atoms with Gasteiger partial charge in [-0.3, -0.25) is 19.2 Å². The number of benzene rings is 4. The van der Waals surface area contributed by atoms with Gasteiger partial charge in [0.15, 0.2) is 0 Å². The van der Waals surface area contributed by atoms with Crippen LogP contribution >= 0.6 is 27.7 Å². The minimum absolute atomic E-state index is 0.0212. The molecule has 12 heteroatoms. The largest absolute Gasteiger partial charge is 0.496 e. The highest BCUT2D eigenvalue weighted by atomic mass is 79.9. The van der Waals surface area contributed by atoms with E-state index in [1.807, 2.05) is 0 Å². The molecule has 1 aliphatic heterocycles. The Labute approximate surface area is 289 Å². The summed E-state index contributed by atoms with van der Waals surface area (Å²) in [6.45, 7) is 1.94. The summed E-state index contributed by atoms with van der Waals surface area (Å²) in [5.74, 6) is -1.81. The molecule has 1 saturated heterocycles. The highest BCUT2D eigenvalue weighted by Crippen LogP contribution is 2.35. The molecule has 0 aliphatic carbocycles. The van der Waals surface area contributed by atoms with Crippen molar-refractivity contribution in [3.8, 4) is 5.75 Å². The standard InChI is InChI=1S/C36H30BrN3O7S/c1-3-47-36(45)23-12-15-27(16-13-23)40-32(41)21-31(35(40)44)48-28-11-7-10-26(20-28)38-34(43)29(39-33(42)22-8-5-4-6-9-22)19-24-18-25(37)14-17-30(24)46-2/h4-20,31H,3,21H2,1-2H3,(H,38,43)(H,39,42). The fourth-order valence-corrected chi connectivity index (χ4v) is 6.35. The van der Waals surface area contributed by atoms with Crippen molar-refractivity contribution in [3.63, 3.8) is 0 Å². The lowest BCUT2D eigenvalue weighted by Crippen LogP contribution is -2.31. The molecule has 0 spiro atoms. The van der Waals surface area contributed by atoms with Crippen LogP contribution in [0.15, 0.2) is 112 Å². The van der Waals surface area contributed by atoms with Crippen LogP contribution in [-0.2, 0) is 19.1 Å². The normalized spacial score (nSPS) is 14.4. The minimum Gasteiger partial charge on any atom is -0.496 e. The Kier molecular flexibility index (Phi) is 11.1. The van der Waals surface area contributed by atoms with Gasteiger partial charge in [0.1, 0.15) is 11.4 Å². The highest BCUT2D eigenvalue weighted by Gasteiger charge is 2.40. The molecule has 1 aliphatic rings. The van der Waals surface area contributed by atoms with Gasteiger partial charge in [0, 0.05) is 32.6 Å². The molecule has 244 valence electrons. The molecule has 1 atom stereocenters. The van der Waals surface area contributed by atoms with Gasteiger partial charge >= 0.3 is 5.97 Å². The number of esters is 1. The Balaban J connectivity index is 1.33. The SMILES string of the molecule is CCOC(=O)c1ccc(N2C(=O)CC(Sc3cccc(NC(=O)C(=Cc4cc(Br)ccc4OC)NC(=O)c4ccccc4)c3)C2=O)cc1. The van der Waals surface area contributed by atoms with E-state index in [2.05, 4.69) is 26.6 Å². The summed E-state index contributed by atoms with van der Waals surface area (Å²) in [6.07, 6.45) is 1.50. The van der Waals surface area contributed by atoms with E-state index < -0.39 is 23.0 Å². The maximum atomic E-state index is 13.6. The van der Waals surface area contributed by atoms with Crippen LogP contribution in [0, 0.1) is 0 Å². The third-order valence-corrected chi connectivity index (χ3v) is 8.80. The van der Waals surface area contributed by atoms with Crippen molar-refractivity contribution in [2.24, 2.45) is 0 Å². The molecule has 4 aromatic rings. The molecule has 0 aromatic heterocycles. The average molecular weight is 729 g/mol. The first-order chi connectivity index (χ1) is 23.2. The molecule has 4 amide bonds. The van der Waals surface area contributed by atoms with E-state index in [-0.39, 0.29) is 30.5 Å². The van der Waals surface area contributed by atoms with Crippen molar-refractivity contribution in [2.45, 2.75) is 23.5 Å². The third-order valence-electron chi connectivity index (χ3n) is 7.13. The Hall–Kier alpha value is -5.20. The fourth-order valence-electron chi connectivity index (χ4n) is 4.85. The molecule has 0 radical (unpaired) electrons. The van der Waals surface area contributed by atoms with Gasteiger partial charge in [0.2, 0.25) is 11.8 Å². The van der Waals surface area contributed by atoms with Crippen molar-refractivity contribution >= 4 is 74.7 Å². The van der Waals surface area contributed by atoms with Gasteiger partial charge < -0.3 is 20.1 Å². The molecule has 48 heavy (non-hydrogen) atoms. The van der Waals surface area contributed by atoms with E-state index in [1.54, 1.807) is 79.7 Å². The van der Waals surface area contributed by atoms with E-state index in [9.17, 15) is 24.0 Å². The lowest BCUT2D eigenvalue weighted by atomic mass is 10.1. The molecular weight excluding hydrogens is 698 g/mol. The third kappa shape index (κ3) is 8.20. The number of thioether (sulfide) groups is 1. The predicted molar refractivity (Wildman–Crippen MR) is 187 cm³/mol. The number of carbonyl (C=O) groups is 5. The van der Waals surface area contributed by atoms with Crippen LogP contribution in [-0.4, -0.2) is 48.6 Å². The lowest BCUT2D eigenvalue weighted by Gasteiger charge is -2.16. The first kappa shape index (κ1) is 34.1. The predicted octanol–water partition coefficient (Wildman–Crippen LogP) is 6.47. The summed E-state index contributed by atoms with van der Waals surface area (Å²) in [6, 6.07) is 26.8. The molecule has 0 saturated carbocycles. The number of rotatable bonds is 11. The van der Waals surface area contributed by atoms with Crippen molar-refractivity contribution < 1.29 is 33.4 Å². The van der Waals surface area contributed by atoms with Gasteiger partial charge in [-0.15, -0.1) is 11.8 Å². The van der Waals surface area contributed by atoms with Crippen molar-refractivity contribution in [1.82, 2.24) is 5.32 Å². The Bertz CT molecular complexity index is 1900. The Morgan fingerprint density at radius 3 is 2.40 bits per heavy atom. The molecule has 10 nitrogen and oxygen atoms in total. The summed E-state index contributed by atoms with van der Waals surface area (Å²) in [4.78, 5) is 66.7. The van der Waals surface area contributed by atoms with Crippen LogP contribution < -0.4 is 20.3 Å². The smallest absolute Gasteiger partial charge is 0.338 e. The highest BCUT2D eigenvalue weighted by molar-refractivity contribution is 9.10. The maximum absolute atomic E-state index is 13.6. The van der Waals surface area contributed by atoms with E-state index in [4.69, 9.17) is 9.47 Å². The Morgan fingerprint density at radius 2 is 1.69 bits per heavy atom. The molecule has 5 rings (SSSR count). The topological polar surface area (TPSA) is 131 Å². The van der Waals surface area contributed by atoms with Crippen LogP contribution in [0.5, 0.6) is 5.75 Å². The van der Waals surface area contributed by atoms with Crippen LogP contribution in [0.25, 0.3) is 6.08 Å². The number of hydrogen-bond acceptors (Lipinski definition) is 8. The second-order valence-corrected chi connectivity index (χ2v) is 12.6. The maximum Gasteiger partial charge on any atom is 0.338 e. The van der Waals surface area contributed by atoms with E-state index in [1.165, 1.54) is 49.2 Å². The van der Waals surface area contributed by atoms with Gasteiger partial charge in [0.25, 0.3) is 11.8 Å². The number of carbonyl (C=O) groups excluding carboxylic acids is 5. The summed E-state index contributed by atoms with van der Waals surface area (Å²) < 4.78 is 11.2. The number of amides is 4. The minimum atomic E-state index is -0.696. The zero-order chi connectivity index (χ0) is 34.2. The number of nitrogens with zero attached hydrogens (tertiary/aromatic N) is 1.